The highest BCUT2D eigenvalue weighted by Gasteiger charge is 2.36. The zero-order valence-electron chi connectivity index (χ0n) is 11.5. The minimum atomic E-state index is -0.647. The van der Waals surface area contributed by atoms with E-state index in [0.29, 0.717) is 17.1 Å². The highest BCUT2D eigenvalue weighted by atomic mass is 32.2. The number of esters is 1. The lowest BCUT2D eigenvalue weighted by Crippen LogP contribution is -2.34. The van der Waals surface area contributed by atoms with E-state index in [1.54, 1.807) is 24.3 Å². The number of benzene rings is 1. The number of carbonyl (C=O) groups is 3. The first-order valence-electron chi connectivity index (χ1n) is 6.30. The first kappa shape index (κ1) is 14.5. The van der Waals surface area contributed by atoms with Gasteiger partial charge in [0, 0.05) is 0 Å². The van der Waals surface area contributed by atoms with Gasteiger partial charge in [-0.3, -0.25) is 19.3 Å². The van der Waals surface area contributed by atoms with Crippen molar-refractivity contribution in [1.29, 1.82) is 0 Å². The van der Waals surface area contributed by atoms with Crippen LogP contribution in [-0.2, 0) is 14.3 Å². The van der Waals surface area contributed by atoms with Crippen molar-refractivity contribution in [2.75, 3.05) is 20.4 Å². The molecule has 2 heterocycles. The third-order valence-corrected chi connectivity index (χ3v) is 3.99. The maximum absolute atomic E-state index is 12.2. The second-order valence-corrected chi connectivity index (χ2v) is 5.45. The molecule has 3 rings (SSSR count). The van der Waals surface area contributed by atoms with Crippen LogP contribution in [0.2, 0.25) is 0 Å². The average Bonchev–Trinajstić information content (AvgIpc) is 3.07. The summed E-state index contributed by atoms with van der Waals surface area (Å²) in [6, 6.07) is 5.20. The molecule has 7 nitrogen and oxygen atoms in total. The van der Waals surface area contributed by atoms with Crippen molar-refractivity contribution in [3.05, 3.63) is 28.7 Å². The van der Waals surface area contributed by atoms with Gasteiger partial charge in [-0.25, -0.2) is 0 Å². The summed E-state index contributed by atoms with van der Waals surface area (Å²) in [6.07, 6.45) is 1.57. The molecule has 0 N–H and O–H groups in total. The van der Waals surface area contributed by atoms with Gasteiger partial charge in [0.1, 0.15) is 6.54 Å². The summed E-state index contributed by atoms with van der Waals surface area (Å²) in [5.41, 5.74) is 0.702. The molecule has 0 radical (unpaired) electrons. The topological polar surface area (TPSA) is 82.1 Å². The number of thioether (sulfide) groups is 1. The molecular weight excluding hydrogens is 310 g/mol. The molecule has 1 aromatic rings. The third kappa shape index (κ3) is 2.64. The van der Waals surface area contributed by atoms with E-state index in [1.807, 2.05) is 0 Å². The van der Waals surface area contributed by atoms with Crippen molar-refractivity contribution in [2.45, 2.75) is 0 Å². The molecule has 0 saturated carbocycles. The standard InChI is InChI=1S/C14H11NO6S/c1-19-12(16)6-15-13(17)11(22-14(15)18)5-8-2-3-9-10(4-8)21-7-20-9/h2-5H,6-7H2,1H3/b11-5+. The summed E-state index contributed by atoms with van der Waals surface area (Å²) in [6.45, 7) is -0.228. The van der Waals surface area contributed by atoms with E-state index >= 15 is 0 Å². The summed E-state index contributed by atoms with van der Waals surface area (Å²) in [4.78, 5) is 36.3. The van der Waals surface area contributed by atoms with E-state index < -0.39 is 17.1 Å². The lowest BCUT2D eigenvalue weighted by molar-refractivity contribution is -0.143. The fraction of sp³-hybridized carbons (Fsp3) is 0.214. The van der Waals surface area contributed by atoms with Crippen LogP contribution in [0.5, 0.6) is 11.5 Å². The van der Waals surface area contributed by atoms with Gasteiger partial charge in [-0.2, -0.15) is 0 Å². The predicted molar refractivity (Wildman–Crippen MR) is 77.3 cm³/mol. The van der Waals surface area contributed by atoms with E-state index in [9.17, 15) is 14.4 Å². The van der Waals surface area contributed by atoms with Crippen LogP contribution in [0, 0.1) is 0 Å². The summed E-state index contributed by atoms with van der Waals surface area (Å²) in [5.74, 6) is 0.0585. The number of ether oxygens (including phenoxy) is 3. The summed E-state index contributed by atoms with van der Waals surface area (Å²) >= 11 is 0.781. The van der Waals surface area contributed by atoms with Gasteiger partial charge in [0.05, 0.1) is 12.0 Å². The number of methoxy groups -OCH3 is 1. The zero-order chi connectivity index (χ0) is 15.7. The van der Waals surface area contributed by atoms with Gasteiger partial charge in [0.2, 0.25) is 6.79 Å². The number of amides is 2. The fourth-order valence-corrected chi connectivity index (χ4v) is 2.82. The first-order valence-corrected chi connectivity index (χ1v) is 7.12. The monoisotopic (exact) mass is 321 g/mol. The highest BCUT2D eigenvalue weighted by molar-refractivity contribution is 8.18. The van der Waals surface area contributed by atoms with Crippen molar-refractivity contribution >= 4 is 35.0 Å². The molecule has 0 atom stereocenters. The van der Waals surface area contributed by atoms with Crippen molar-refractivity contribution in [3.63, 3.8) is 0 Å². The van der Waals surface area contributed by atoms with E-state index in [2.05, 4.69) is 4.74 Å². The molecule has 2 aliphatic heterocycles. The number of fused-ring (bicyclic) bond motifs is 1. The second kappa shape index (κ2) is 5.72. The molecule has 114 valence electrons. The Morgan fingerprint density at radius 3 is 2.91 bits per heavy atom. The molecular formula is C14H11NO6S. The molecule has 2 aliphatic rings. The Labute approximate surface area is 129 Å². The molecule has 22 heavy (non-hydrogen) atoms. The lowest BCUT2D eigenvalue weighted by atomic mass is 10.2. The second-order valence-electron chi connectivity index (χ2n) is 4.46. The number of imide groups is 1. The molecule has 1 saturated heterocycles. The van der Waals surface area contributed by atoms with Crippen LogP contribution in [0.3, 0.4) is 0 Å². The van der Waals surface area contributed by atoms with Crippen LogP contribution < -0.4 is 9.47 Å². The van der Waals surface area contributed by atoms with Crippen LogP contribution in [0.4, 0.5) is 4.79 Å². The SMILES string of the molecule is COC(=O)CN1C(=O)S/C(=C/c2ccc3c(c2)OCO3)C1=O. The Hall–Kier alpha value is -2.48. The Balaban J connectivity index is 1.82. The molecule has 1 aromatic carbocycles. The smallest absolute Gasteiger partial charge is 0.325 e. The van der Waals surface area contributed by atoms with Crippen molar-refractivity contribution in [2.24, 2.45) is 0 Å². The van der Waals surface area contributed by atoms with Gasteiger partial charge in [0.25, 0.3) is 11.1 Å². The van der Waals surface area contributed by atoms with E-state index in [1.165, 1.54) is 7.11 Å². The van der Waals surface area contributed by atoms with Gasteiger partial charge < -0.3 is 14.2 Å². The van der Waals surface area contributed by atoms with Gasteiger partial charge in [-0.1, -0.05) is 6.07 Å². The fourth-order valence-electron chi connectivity index (χ4n) is 1.98. The Morgan fingerprint density at radius 1 is 1.36 bits per heavy atom. The largest absolute Gasteiger partial charge is 0.468 e. The Kier molecular flexibility index (Phi) is 3.76. The predicted octanol–water partition coefficient (Wildman–Crippen LogP) is 1.62. The van der Waals surface area contributed by atoms with Crippen molar-refractivity contribution < 1.29 is 28.6 Å². The molecule has 0 unspecified atom stereocenters. The van der Waals surface area contributed by atoms with Crippen LogP contribution in [-0.4, -0.2) is 42.5 Å². The van der Waals surface area contributed by atoms with Gasteiger partial charge in [-0.15, -0.1) is 0 Å². The number of rotatable bonds is 3. The van der Waals surface area contributed by atoms with E-state index in [0.717, 1.165) is 16.7 Å². The summed E-state index contributed by atoms with van der Waals surface area (Å²) in [5, 5.41) is -0.498. The minimum Gasteiger partial charge on any atom is -0.468 e. The van der Waals surface area contributed by atoms with E-state index in [-0.39, 0.29) is 18.2 Å². The Bertz CT molecular complexity index is 699. The zero-order valence-corrected chi connectivity index (χ0v) is 12.3. The third-order valence-electron chi connectivity index (χ3n) is 3.08. The maximum atomic E-state index is 12.2. The average molecular weight is 321 g/mol. The summed E-state index contributed by atoms with van der Waals surface area (Å²) < 4.78 is 14.9. The van der Waals surface area contributed by atoms with Crippen molar-refractivity contribution in [3.8, 4) is 11.5 Å². The molecule has 2 amide bonds. The van der Waals surface area contributed by atoms with Crippen LogP contribution in [0.15, 0.2) is 23.1 Å². The maximum Gasteiger partial charge on any atom is 0.325 e. The van der Waals surface area contributed by atoms with Gasteiger partial charge in [-0.05, 0) is 35.5 Å². The normalized spacial score (nSPS) is 18.2. The quantitative estimate of drug-likeness (QED) is 0.618. The highest BCUT2D eigenvalue weighted by Crippen LogP contribution is 2.36. The molecule has 1 fully saturated rings. The lowest BCUT2D eigenvalue weighted by Gasteiger charge is -2.09. The number of carbonyl (C=O) groups excluding carboxylic acids is 3. The summed E-state index contributed by atoms with van der Waals surface area (Å²) in [7, 11) is 1.20. The molecule has 0 aliphatic carbocycles. The van der Waals surface area contributed by atoms with Crippen LogP contribution >= 0.6 is 11.8 Å². The molecule has 0 aromatic heterocycles. The first-order chi connectivity index (χ1) is 10.6. The van der Waals surface area contributed by atoms with E-state index in [4.69, 9.17) is 9.47 Å². The molecule has 0 bridgehead atoms. The van der Waals surface area contributed by atoms with Crippen LogP contribution in [0.25, 0.3) is 6.08 Å². The Morgan fingerprint density at radius 2 is 2.14 bits per heavy atom. The van der Waals surface area contributed by atoms with Gasteiger partial charge in [0.15, 0.2) is 11.5 Å². The number of hydrogen-bond acceptors (Lipinski definition) is 7. The van der Waals surface area contributed by atoms with Gasteiger partial charge >= 0.3 is 5.97 Å². The molecule has 8 heteroatoms. The minimum absolute atomic E-state index is 0.161. The number of nitrogens with zero attached hydrogens (tertiary/aromatic N) is 1. The van der Waals surface area contributed by atoms with Crippen molar-refractivity contribution in [1.82, 2.24) is 4.90 Å². The number of hydrogen-bond donors (Lipinski definition) is 0. The molecule has 0 spiro atoms. The van der Waals surface area contributed by atoms with Crippen LogP contribution in [0.1, 0.15) is 5.56 Å².